The number of nitrogens with one attached hydrogen (secondary N) is 1. The van der Waals surface area contributed by atoms with Gasteiger partial charge in [-0.1, -0.05) is 25.1 Å². The molecule has 0 aliphatic carbocycles. The summed E-state index contributed by atoms with van der Waals surface area (Å²) in [5.41, 5.74) is 3.52. The summed E-state index contributed by atoms with van der Waals surface area (Å²) in [6.45, 7) is 7.12. The fourth-order valence-corrected chi connectivity index (χ4v) is 3.86. The van der Waals surface area contributed by atoms with E-state index < -0.39 is 15.9 Å². The van der Waals surface area contributed by atoms with Gasteiger partial charge in [-0.2, -0.15) is 5.10 Å². The average Bonchev–Trinajstić information content (AvgIpc) is 2.83. The minimum Gasteiger partial charge on any atom is -0.352 e. The predicted octanol–water partition coefficient (Wildman–Crippen LogP) is 1.97. The smallest absolute Gasteiger partial charge is 0.224 e. The third-order valence-corrected chi connectivity index (χ3v) is 6.02. The number of hydrogen-bond acceptors (Lipinski definition) is 4. The van der Waals surface area contributed by atoms with Crippen molar-refractivity contribution in [2.24, 2.45) is 0 Å². The topological polar surface area (TPSA) is 81.1 Å². The van der Waals surface area contributed by atoms with Crippen molar-refractivity contribution in [1.82, 2.24) is 15.1 Å². The first kappa shape index (κ1) is 19.2. The van der Waals surface area contributed by atoms with Crippen molar-refractivity contribution in [1.29, 1.82) is 0 Å². The van der Waals surface area contributed by atoms with E-state index in [1.807, 2.05) is 48.9 Å². The molecule has 1 aromatic carbocycles. The van der Waals surface area contributed by atoms with Crippen molar-refractivity contribution in [2.45, 2.75) is 40.2 Å². The Balaban J connectivity index is 2.10. The Morgan fingerprint density at radius 2 is 1.88 bits per heavy atom. The molecule has 2 aromatic rings. The molecule has 2 rings (SSSR count). The standard InChI is InChI=1S/C18H25N3O3S/c1-5-25(23,24)12-13(2)19-18(22)11-17-14(3)20-21(15(17)4)16-9-7-6-8-10-16/h6-10,13H,5,11-12H2,1-4H3,(H,19,22). The maximum Gasteiger partial charge on any atom is 0.224 e. The monoisotopic (exact) mass is 363 g/mol. The fourth-order valence-electron chi connectivity index (χ4n) is 2.78. The van der Waals surface area contributed by atoms with Crippen molar-refractivity contribution in [3.8, 4) is 5.69 Å². The van der Waals surface area contributed by atoms with Gasteiger partial charge in [0.1, 0.15) is 0 Å². The Bertz CT molecular complexity index is 842. The van der Waals surface area contributed by atoms with Crippen molar-refractivity contribution < 1.29 is 13.2 Å². The van der Waals surface area contributed by atoms with E-state index in [0.29, 0.717) is 0 Å². The maximum absolute atomic E-state index is 12.3. The molecule has 1 unspecified atom stereocenters. The van der Waals surface area contributed by atoms with Crippen molar-refractivity contribution in [3.63, 3.8) is 0 Å². The molecule has 1 atom stereocenters. The van der Waals surface area contributed by atoms with Crippen LogP contribution in [0.2, 0.25) is 0 Å². The third kappa shape index (κ3) is 4.92. The lowest BCUT2D eigenvalue weighted by atomic mass is 10.1. The van der Waals surface area contributed by atoms with Crippen molar-refractivity contribution >= 4 is 15.7 Å². The van der Waals surface area contributed by atoms with Crippen molar-refractivity contribution in [3.05, 3.63) is 47.3 Å². The number of carbonyl (C=O) groups excluding carboxylic acids is 1. The van der Waals surface area contributed by atoms with Crippen LogP contribution in [0.25, 0.3) is 5.69 Å². The molecule has 0 saturated heterocycles. The largest absolute Gasteiger partial charge is 0.352 e. The molecule has 1 aromatic heterocycles. The quantitative estimate of drug-likeness (QED) is 0.815. The zero-order valence-electron chi connectivity index (χ0n) is 15.1. The number of carbonyl (C=O) groups is 1. The van der Waals surface area contributed by atoms with Gasteiger partial charge in [-0.05, 0) is 32.9 Å². The van der Waals surface area contributed by atoms with E-state index in [1.54, 1.807) is 13.8 Å². The summed E-state index contributed by atoms with van der Waals surface area (Å²) in [4.78, 5) is 12.3. The van der Waals surface area contributed by atoms with Gasteiger partial charge < -0.3 is 5.32 Å². The minimum absolute atomic E-state index is 0.0452. The molecule has 0 bridgehead atoms. The van der Waals surface area contributed by atoms with Crippen LogP contribution in [0.3, 0.4) is 0 Å². The van der Waals surface area contributed by atoms with Gasteiger partial charge in [0.2, 0.25) is 5.91 Å². The lowest BCUT2D eigenvalue weighted by Crippen LogP contribution is -2.38. The van der Waals surface area contributed by atoms with E-state index in [4.69, 9.17) is 0 Å². The number of para-hydroxylation sites is 1. The normalized spacial score (nSPS) is 12.8. The maximum atomic E-state index is 12.3. The van der Waals surface area contributed by atoms with E-state index in [9.17, 15) is 13.2 Å². The summed E-state index contributed by atoms with van der Waals surface area (Å²) in [6.07, 6.45) is 0.182. The Kier molecular flexibility index (Phi) is 6.00. The molecular formula is C18H25N3O3S. The van der Waals surface area contributed by atoms with Crippen LogP contribution in [0.1, 0.15) is 30.8 Å². The van der Waals surface area contributed by atoms with Crippen molar-refractivity contribution in [2.75, 3.05) is 11.5 Å². The predicted molar refractivity (Wildman–Crippen MR) is 98.7 cm³/mol. The first-order valence-electron chi connectivity index (χ1n) is 8.33. The Morgan fingerprint density at radius 1 is 1.24 bits per heavy atom. The second kappa shape index (κ2) is 7.82. The van der Waals surface area contributed by atoms with E-state index in [1.165, 1.54) is 0 Å². The molecule has 25 heavy (non-hydrogen) atoms. The number of hydrogen-bond donors (Lipinski definition) is 1. The SMILES string of the molecule is CCS(=O)(=O)CC(C)NC(=O)Cc1c(C)nn(-c2ccccc2)c1C. The van der Waals surface area contributed by atoms with Gasteiger partial charge in [0.05, 0.1) is 23.6 Å². The zero-order chi connectivity index (χ0) is 18.6. The highest BCUT2D eigenvalue weighted by Gasteiger charge is 2.19. The van der Waals surface area contributed by atoms with Crippen LogP contribution >= 0.6 is 0 Å². The highest BCUT2D eigenvalue weighted by molar-refractivity contribution is 7.91. The molecule has 0 saturated carbocycles. The Labute approximate surface area is 149 Å². The van der Waals surface area contributed by atoms with Crippen LogP contribution in [-0.2, 0) is 21.1 Å². The van der Waals surface area contributed by atoms with Gasteiger partial charge >= 0.3 is 0 Å². The number of sulfone groups is 1. The number of aromatic nitrogens is 2. The fraction of sp³-hybridized carbons (Fsp3) is 0.444. The van der Waals surface area contributed by atoms with Crippen LogP contribution < -0.4 is 5.32 Å². The van der Waals surface area contributed by atoms with Gasteiger partial charge in [0.15, 0.2) is 9.84 Å². The number of rotatable bonds is 7. The van der Waals surface area contributed by atoms with Gasteiger partial charge in [0.25, 0.3) is 0 Å². The van der Waals surface area contributed by atoms with Gasteiger partial charge in [-0.25, -0.2) is 13.1 Å². The summed E-state index contributed by atoms with van der Waals surface area (Å²) < 4.78 is 25.1. The second-order valence-corrected chi connectivity index (χ2v) is 8.64. The molecular weight excluding hydrogens is 338 g/mol. The van der Waals surface area contributed by atoms with E-state index in [0.717, 1.165) is 22.6 Å². The molecule has 0 aliphatic rings. The third-order valence-electron chi connectivity index (χ3n) is 4.13. The Hall–Kier alpha value is -2.15. The average molecular weight is 363 g/mol. The molecule has 0 radical (unpaired) electrons. The highest BCUT2D eigenvalue weighted by Crippen LogP contribution is 2.18. The number of aryl methyl sites for hydroxylation is 1. The molecule has 1 amide bonds. The number of nitrogens with zero attached hydrogens (tertiary/aromatic N) is 2. The molecule has 6 nitrogen and oxygen atoms in total. The van der Waals surface area contributed by atoms with E-state index in [-0.39, 0.29) is 23.8 Å². The molecule has 136 valence electrons. The van der Waals surface area contributed by atoms with Gasteiger partial charge in [-0.3, -0.25) is 4.79 Å². The number of benzene rings is 1. The zero-order valence-corrected chi connectivity index (χ0v) is 15.9. The summed E-state index contributed by atoms with van der Waals surface area (Å²) >= 11 is 0. The van der Waals surface area contributed by atoms with Crippen LogP contribution in [0.15, 0.2) is 30.3 Å². The summed E-state index contributed by atoms with van der Waals surface area (Å²) in [5, 5.41) is 7.29. The first-order chi connectivity index (χ1) is 11.7. The summed E-state index contributed by atoms with van der Waals surface area (Å²) in [6, 6.07) is 9.32. The van der Waals surface area contributed by atoms with Gasteiger partial charge in [0, 0.05) is 23.1 Å². The van der Waals surface area contributed by atoms with E-state index >= 15 is 0 Å². The molecule has 7 heteroatoms. The summed E-state index contributed by atoms with van der Waals surface area (Å²) in [7, 11) is -3.12. The van der Waals surface area contributed by atoms with Gasteiger partial charge in [-0.15, -0.1) is 0 Å². The molecule has 1 N–H and O–H groups in total. The minimum atomic E-state index is -3.12. The Morgan fingerprint density at radius 3 is 2.48 bits per heavy atom. The second-order valence-electron chi connectivity index (χ2n) is 6.24. The molecule has 0 fully saturated rings. The van der Waals surface area contributed by atoms with E-state index in [2.05, 4.69) is 10.4 Å². The van der Waals surface area contributed by atoms with Crippen LogP contribution in [-0.4, -0.2) is 41.7 Å². The lowest BCUT2D eigenvalue weighted by Gasteiger charge is -2.13. The number of amides is 1. The molecule has 0 aliphatic heterocycles. The molecule has 0 spiro atoms. The van der Waals surface area contributed by atoms with Crippen LogP contribution in [0, 0.1) is 13.8 Å². The highest BCUT2D eigenvalue weighted by atomic mass is 32.2. The first-order valence-corrected chi connectivity index (χ1v) is 10.2. The molecule has 1 heterocycles. The lowest BCUT2D eigenvalue weighted by molar-refractivity contribution is -0.120. The van der Waals surface area contributed by atoms with Crippen LogP contribution in [0.5, 0.6) is 0 Å². The summed E-state index contributed by atoms with van der Waals surface area (Å²) in [5.74, 6) is -0.163. The van der Waals surface area contributed by atoms with Crippen LogP contribution in [0.4, 0.5) is 0 Å².